The van der Waals surface area contributed by atoms with Crippen molar-refractivity contribution in [2.24, 2.45) is 0 Å². The van der Waals surface area contributed by atoms with Crippen molar-refractivity contribution in [3.8, 4) is 0 Å². The molecular formula is C22H38N3O10P3. The third-order valence-electron chi connectivity index (χ3n) is 5.88. The average molecular weight is 597 g/mol. The van der Waals surface area contributed by atoms with Crippen molar-refractivity contribution in [2.45, 2.75) is 76.5 Å². The summed E-state index contributed by atoms with van der Waals surface area (Å²) in [6.07, 6.45) is 1.60. The van der Waals surface area contributed by atoms with Crippen LogP contribution in [0, 0.1) is 0 Å². The molecule has 2 aromatic rings. The van der Waals surface area contributed by atoms with Crippen LogP contribution in [0.3, 0.4) is 0 Å². The lowest BCUT2D eigenvalue weighted by molar-refractivity contribution is -0.0458. The molecule has 16 heteroatoms. The number of aromatic nitrogens is 3. The van der Waals surface area contributed by atoms with E-state index >= 15 is 0 Å². The van der Waals surface area contributed by atoms with Crippen molar-refractivity contribution in [3.63, 3.8) is 0 Å². The largest absolute Gasteiger partial charge is 0.396 e. The van der Waals surface area contributed by atoms with E-state index < -0.39 is 44.5 Å². The molecule has 2 aromatic heterocycles. The number of hydrogen-bond donors (Lipinski definition) is 6. The summed E-state index contributed by atoms with van der Waals surface area (Å²) in [5.74, 6) is 0.392. The SMILES string of the molecule is CCCC(CC)c1ccnc(Cn2c(=O)ccn(C3OC(CCO)C(O)C3O)c2=O)c1.O=PO.OP.OP. The number of aliphatic hydroxyl groups excluding tert-OH is 3. The highest BCUT2D eigenvalue weighted by molar-refractivity contribution is 7.16. The Labute approximate surface area is 227 Å². The number of nitrogens with zero attached hydrogens (tertiary/aromatic N) is 3. The van der Waals surface area contributed by atoms with E-state index in [1.54, 1.807) is 6.20 Å². The summed E-state index contributed by atoms with van der Waals surface area (Å²) in [6.45, 7) is 4.03. The van der Waals surface area contributed by atoms with Crippen LogP contribution in [-0.2, 0) is 15.8 Å². The molecule has 3 heterocycles. The second-order valence-corrected chi connectivity index (χ2v) is 8.21. The summed E-state index contributed by atoms with van der Waals surface area (Å²) < 4.78 is 16.2. The van der Waals surface area contributed by atoms with E-state index in [9.17, 15) is 19.8 Å². The highest BCUT2D eigenvalue weighted by Gasteiger charge is 2.43. The first-order chi connectivity index (χ1) is 18.3. The van der Waals surface area contributed by atoms with Gasteiger partial charge in [0.05, 0.1) is 18.3 Å². The summed E-state index contributed by atoms with van der Waals surface area (Å²) in [7, 11) is 2.00. The van der Waals surface area contributed by atoms with Gasteiger partial charge in [0, 0.05) is 25.1 Å². The van der Waals surface area contributed by atoms with Gasteiger partial charge in [-0.25, -0.2) is 9.36 Å². The van der Waals surface area contributed by atoms with E-state index in [1.807, 2.05) is 12.1 Å². The molecule has 0 bridgehead atoms. The molecule has 1 aliphatic rings. The molecule has 3 rings (SSSR count). The van der Waals surface area contributed by atoms with Gasteiger partial charge in [-0.15, -0.1) is 0 Å². The molecule has 7 unspecified atom stereocenters. The molecule has 38 heavy (non-hydrogen) atoms. The minimum Gasteiger partial charge on any atom is -0.396 e. The maximum Gasteiger partial charge on any atom is 0.333 e. The van der Waals surface area contributed by atoms with Gasteiger partial charge in [-0.2, -0.15) is 0 Å². The molecule has 216 valence electrons. The first-order valence-corrected chi connectivity index (χ1v) is 13.5. The van der Waals surface area contributed by atoms with Gasteiger partial charge >= 0.3 is 14.4 Å². The van der Waals surface area contributed by atoms with Gasteiger partial charge in [0.1, 0.15) is 12.2 Å². The van der Waals surface area contributed by atoms with Crippen molar-refractivity contribution >= 4 is 27.6 Å². The number of hydrogen-bond acceptors (Lipinski definition) is 10. The Balaban J connectivity index is 0.00000179. The number of rotatable bonds is 9. The molecular weight excluding hydrogens is 559 g/mol. The van der Waals surface area contributed by atoms with Crippen LogP contribution in [0.4, 0.5) is 0 Å². The van der Waals surface area contributed by atoms with Crippen LogP contribution >= 0.6 is 27.6 Å². The molecule has 7 atom stereocenters. The Kier molecular flexibility index (Phi) is 19.6. The Hall–Kier alpha value is -1.49. The molecule has 0 saturated carbocycles. The van der Waals surface area contributed by atoms with Crippen LogP contribution in [-0.4, -0.2) is 69.0 Å². The normalized spacial score (nSPS) is 20.8. The zero-order valence-electron chi connectivity index (χ0n) is 21.3. The summed E-state index contributed by atoms with van der Waals surface area (Å²) in [5, 5.41) is 29.6. The molecule has 0 aliphatic carbocycles. The van der Waals surface area contributed by atoms with E-state index in [1.165, 1.54) is 31.2 Å². The predicted octanol–water partition coefficient (Wildman–Crippen LogP) is 0.472. The summed E-state index contributed by atoms with van der Waals surface area (Å²) in [4.78, 5) is 50.6. The van der Waals surface area contributed by atoms with Gasteiger partial charge in [-0.05, 0) is 61.8 Å². The molecule has 1 fully saturated rings. The molecule has 1 saturated heterocycles. The van der Waals surface area contributed by atoms with Gasteiger partial charge in [0.2, 0.25) is 0 Å². The smallest absolute Gasteiger partial charge is 0.333 e. The fraction of sp³-hybridized carbons (Fsp3) is 0.591. The third kappa shape index (κ3) is 10.2. The van der Waals surface area contributed by atoms with Crippen LogP contribution in [0.1, 0.15) is 62.9 Å². The zero-order valence-corrected chi connectivity index (χ0v) is 24.5. The zero-order chi connectivity index (χ0) is 29.3. The van der Waals surface area contributed by atoms with Crippen molar-refractivity contribution in [2.75, 3.05) is 6.61 Å². The van der Waals surface area contributed by atoms with Crippen molar-refractivity contribution < 1.29 is 39.3 Å². The quantitative estimate of drug-likeness (QED) is 0.219. The standard InChI is InChI=1S/C22H31N3O6.HO2P.2H3OP/c1-3-5-14(4-2)15-6-9-23-16(12-15)13-25-18(27)7-10-24(22(25)30)21-20(29)19(28)17(31-21)8-11-26;1-3-2;2*1-2/h6-7,9-10,12,14,17,19-21,26,28-29H,3-5,8,11,13H2,1-2H3;(H,1,2);2*1H,2H2. The third-order valence-corrected chi connectivity index (χ3v) is 5.88. The Bertz CT molecular complexity index is 1060. The van der Waals surface area contributed by atoms with Gasteiger partial charge < -0.3 is 34.7 Å². The van der Waals surface area contributed by atoms with E-state index in [4.69, 9.17) is 29.1 Å². The van der Waals surface area contributed by atoms with E-state index in [-0.39, 0.29) is 19.6 Å². The lowest BCUT2D eigenvalue weighted by atomic mass is 9.92. The monoisotopic (exact) mass is 597 g/mol. The van der Waals surface area contributed by atoms with Gasteiger partial charge in [0.25, 0.3) is 5.56 Å². The molecule has 0 aromatic carbocycles. The first kappa shape index (κ1) is 36.5. The molecule has 0 radical (unpaired) electrons. The minimum atomic E-state index is -1.36. The maximum atomic E-state index is 13.1. The average Bonchev–Trinajstić information content (AvgIpc) is 3.21. The lowest BCUT2D eigenvalue weighted by Gasteiger charge is -2.19. The molecule has 0 spiro atoms. The van der Waals surface area contributed by atoms with E-state index in [0.717, 1.165) is 34.0 Å². The maximum absolute atomic E-state index is 13.1. The van der Waals surface area contributed by atoms with E-state index in [0.29, 0.717) is 11.6 Å². The van der Waals surface area contributed by atoms with Crippen molar-refractivity contribution in [3.05, 3.63) is 62.7 Å². The number of aliphatic hydroxyl groups is 3. The predicted molar refractivity (Wildman–Crippen MR) is 148 cm³/mol. The highest BCUT2D eigenvalue weighted by Crippen LogP contribution is 2.29. The molecule has 1 aliphatic heterocycles. The summed E-state index contributed by atoms with van der Waals surface area (Å²) in [5.41, 5.74) is 0.563. The fourth-order valence-electron chi connectivity index (χ4n) is 4.15. The second kappa shape index (κ2) is 20.4. The van der Waals surface area contributed by atoms with Crippen LogP contribution < -0.4 is 11.2 Å². The molecule has 6 N–H and O–H groups in total. The topological polar surface area (TPSA) is 205 Å². The molecule has 0 amide bonds. The molecule has 13 nitrogen and oxygen atoms in total. The van der Waals surface area contributed by atoms with Crippen molar-refractivity contribution in [1.29, 1.82) is 0 Å². The number of pyridine rings is 1. The van der Waals surface area contributed by atoms with Gasteiger partial charge in [0.15, 0.2) is 6.23 Å². The van der Waals surface area contributed by atoms with Gasteiger partial charge in [-0.1, -0.05) is 20.3 Å². The fourth-order valence-corrected chi connectivity index (χ4v) is 4.15. The lowest BCUT2D eigenvalue weighted by Crippen LogP contribution is -2.43. The highest BCUT2D eigenvalue weighted by atomic mass is 31.1. The van der Waals surface area contributed by atoms with Crippen LogP contribution in [0.2, 0.25) is 0 Å². The Morgan fingerprint density at radius 2 is 1.76 bits per heavy atom. The Morgan fingerprint density at radius 3 is 2.32 bits per heavy atom. The first-order valence-electron chi connectivity index (χ1n) is 11.7. The van der Waals surface area contributed by atoms with Crippen molar-refractivity contribution in [1.82, 2.24) is 14.1 Å². The number of ether oxygens (including phenoxy) is 1. The minimum absolute atomic E-state index is 0.0135. The van der Waals surface area contributed by atoms with Gasteiger partial charge in [-0.3, -0.25) is 18.9 Å². The Morgan fingerprint density at radius 1 is 1.13 bits per heavy atom. The second-order valence-electron chi connectivity index (χ2n) is 8.04. The van der Waals surface area contributed by atoms with Crippen LogP contribution in [0.25, 0.3) is 0 Å². The van der Waals surface area contributed by atoms with Crippen LogP contribution in [0.5, 0.6) is 0 Å². The van der Waals surface area contributed by atoms with Crippen LogP contribution in [0.15, 0.2) is 40.2 Å². The summed E-state index contributed by atoms with van der Waals surface area (Å²) >= 11 is 0. The summed E-state index contributed by atoms with van der Waals surface area (Å²) in [6, 6.07) is 5.11. The van der Waals surface area contributed by atoms with E-state index in [2.05, 4.69) is 18.8 Å².